The fourth-order valence-corrected chi connectivity index (χ4v) is 2.09. The predicted molar refractivity (Wildman–Crippen MR) is 48.5 cm³/mol. The highest BCUT2D eigenvalue weighted by Crippen LogP contribution is 2.38. The summed E-state index contributed by atoms with van der Waals surface area (Å²) in [4.78, 5) is 11.1. The molecule has 0 radical (unpaired) electrons. The van der Waals surface area contributed by atoms with Gasteiger partial charge in [-0.2, -0.15) is 0 Å². The van der Waals surface area contributed by atoms with E-state index < -0.39 is 0 Å². The Morgan fingerprint density at radius 1 is 1.29 bits per heavy atom. The number of hydrogen-bond acceptors (Lipinski definition) is 3. The standard InChI is InChI=1S/C11H10O3/c12-10-5-9-11(14-10)8-4-2-1-3-7(8)6-13-9/h1-4,9,11H,5-6H2. The lowest BCUT2D eigenvalue weighted by Gasteiger charge is -2.26. The van der Waals surface area contributed by atoms with Crippen LogP contribution in [0, 0.1) is 0 Å². The van der Waals surface area contributed by atoms with Crippen molar-refractivity contribution in [3.05, 3.63) is 35.4 Å². The van der Waals surface area contributed by atoms with E-state index in [1.54, 1.807) is 0 Å². The molecule has 2 atom stereocenters. The number of carbonyl (C=O) groups is 1. The molecular formula is C11H10O3. The van der Waals surface area contributed by atoms with Crippen molar-refractivity contribution in [1.29, 1.82) is 0 Å². The molecular weight excluding hydrogens is 180 g/mol. The lowest BCUT2D eigenvalue weighted by molar-refractivity contribution is -0.142. The summed E-state index contributed by atoms with van der Waals surface area (Å²) in [5, 5.41) is 0. The summed E-state index contributed by atoms with van der Waals surface area (Å²) in [5.74, 6) is -0.156. The normalized spacial score (nSPS) is 29.3. The van der Waals surface area contributed by atoms with Crippen molar-refractivity contribution in [2.24, 2.45) is 0 Å². The van der Waals surface area contributed by atoms with Gasteiger partial charge >= 0.3 is 5.97 Å². The molecule has 3 rings (SSSR count). The molecule has 0 spiro atoms. The summed E-state index contributed by atoms with van der Waals surface area (Å²) in [7, 11) is 0. The third kappa shape index (κ3) is 1.06. The van der Waals surface area contributed by atoms with Crippen molar-refractivity contribution < 1.29 is 14.3 Å². The Balaban J connectivity index is 2.05. The fourth-order valence-electron chi connectivity index (χ4n) is 2.09. The van der Waals surface area contributed by atoms with E-state index in [1.807, 2.05) is 24.3 Å². The summed E-state index contributed by atoms with van der Waals surface area (Å²) < 4.78 is 10.8. The SMILES string of the molecule is O=C1CC2OCc3ccccc3C2O1. The number of carbonyl (C=O) groups excluding carboxylic acids is 1. The van der Waals surface area contributed by atoms with Crippen LogP contribution < -0.4 is 0 Å². The number of fused-ring (bicyclic) bond motifs is 3. The first-order chi connectivity index (χ1) is 6.84. The highest BCUT2D eigenvalue weighted by atomic mass is 16.6. The van der Waals surface area contributed by atoms with E-state index in [-0.39, 0.29) is 18.2 Å². The highest BCUT2D eigenvalue weighted by molar-refractivity contribution is 5.73. The molecule has 3 nitrogen and oxygen atoms in total. The van der Waals surface area contributed by atoms with Gasteiger partial charge in [0.05, 0.1) is 13.0 Å². The summed E-state index contributed by atoms with van der Waals surface area (Å²) in [6.45, 7) is 0.591. The fraction of sp³-hybridized carbons (Fsp3) is 0.364. The molecule has 72 valence electrons. The van der Waals surface area contributed by atoms with Gasteiger partial charge in [0.25, 0.3) is 0 Å². The smallest absolute Gasteiger partial charge is 0.309 e. The Morgan fingerprint density at radius 3 is 3.07 bits per heavy atom. The molecule has 1 saturated heterocycles. The third-order valence-electron chi connectivity index (χ3n) is 2.78. The third-order valence-corrected chi connectivity index (χ3v) is 2.78. The van der Waals surface area contributed by atoms with Crippen molar-refractivity contribution in [3.63, 3.8) is 0 Å². The molecule has 0 amide bonds. The zero-order valence-corrected chi connectivity index (χ0v) is 7.60. The Labute approximate surface area is 81.6 Å². The predicted octanol–water partition coefficient (Wildman–Crippen LogP) is 1.57. The Morgan fingerprint density at radius 2 is 2.14 bits per heavy atom. The largest absolute Gasteiger partial charge is 0.455 e. The van der Waals surface area contributed by atoms with Crippen LogP contribution in [-0.4, -0.2) is 12.1 Å². The van der Waals surface area contributed by atoms with E-state index in [9.17, 15) is 4.79 Å². The van der Waals surface area contributed by atoms with Gasteiger partial charge in [0.2, 0.25) is 0 Å². The lowest BCUT2D eigenvalue weighted by Crippen LogP contribution is -2.23. The number of rotatable bonds is 0. The first-order valence-electron chi connectivity index (χ1n) is 4.73. The molecule has 0 bridgehead atoms. The van der Waals surface area contributed by atoms with E-state index in [4.69, 9.17) is 9.47 Å². The molecule has 0 N–H and O–H groups in total. The number of ether oxygens (including phenoxy) is 2. The van der Waals surface area contributed by atoms with Gasteiger partial charge in [-0.05, 0) is 5.56 Å². The van der Waals surface area contributed by atoms with Crippen LogP contribution in [0.4, 0.5) is 0 Å². The molecule has 2 aliphatic heterocycles. The first kappa shape index (κ1) is 8.00. The average Bonchev–Trinajstić information content (AvgIpc) is 2.59. The highest BCUT2D eigenvalue weighted by Gasteiger charge is 2.40. The number of esters is 1. The van der Waals surface area contributed by atoms with Gasteiger partial charge in [-0.25, -0.2) is 0 Å². The minimum atomic E-state index is -0.174. The monoisotopic (exact) mass is 190 g/mol. The Kier molecular flexibility index (Phi) is 1.61. The van der Waals surface area contributed by atoms with Gasteiger partial charge in [0, 0.05) is 5.56 Å². The molecule has 3 heteroatoms. The zero-order chi connectivity index (χ0) is 9.54. The summed E-state index contributed by atoms with van der Waals surface area (Å²) in [6, 6.07) is 7.96. The van der Waals surface area contributed by atoms with Crippen LogP contribution in [-0.2, 0) is 20.9 Å². The van der Waals surface area contributed by atoms with Gasteiger partial charge in [-0.15, -0.1) is 0 Å². The van der Waals surface area contributed by atoms with Crippen LogP contribution in [0.25, 0.3) is 0 Å². The van der Waals surface area contributed by atoms with Crippen LogP contribution in [0.1, 0.15) is 23.7 Å². The molecule has 1 aromatic carbocycles. The summed E-state index contributed by atoms with van der Waals surface area (Å²) in [5.41, 5.74) is 2.23. The molecule has 2 unspecified atom stereocenters. The van der Waals surface area contributed by atoms with Crippen LogP contribution in [0.15, 0.2) is 24.3 Å². The van der Waals surface area contributed by atoms with Crippen molar-refractivity contribution in [2.75, 3.05) is 0 Å². The number of hydrogen-bond donors (Lipinski definition) is 0. The lowest BCUT2D eigenvalue weighted by atomic mass is 9.96. The molecule has 1 aromatic rings. The van der Waals surface area contributed by atoms with Crippen molar-refractivity contribution in [2.45, 2.75) is 25.2 Å². The van der Waals surface area contributed by atoms with E-state index in [0.717, 1.165) is 11.1 Å². The number of benzene rings is 1. The van der Waals surface area contributed by atoms with Gasteiger partial charge in [0.15, 0.2) is 6.10 Å². The minimum Gasteiger partial charge on any atom is -0.455 e. The maximum atomic E-state index is 11.1. The second-order valence-electron chi connectivity index (χ2n) is 3.66. The Bertz CT molecular complexity index is 386. The van der Waals surface area contributed by atoms with Crippen molar-refractivity contribution in [1.82, 2.24) is 0 Å². The van der Waals surface area contributed by atoms with Crippen molar-refractivity contribution in [3.8, 4) is 0 Å². The maximum Gasteiger partial charge on any atom is 0.309 e. The molecule has 0 aromatic heterocycles. The molecule has 1 fully saturated rings. The second-order valence-corrected chi connectivity index (χ2v) is 3.66. The zero-order valence-electron chi connectivity index (χ0n) is 7.60. The van der Waals surface area contributed by atoms with Gasteiger partial charge < -0.3 is 9.47 Å². The van der Waals surface area contributed by atoms with Gasteiger partial charge in [-0.3, -0.25) is 4.79 Å². The van der Waals surface area contributed by atoms with Gasteiger partial charge in [0.1, 0.15) is 6.10 Å². The van der Waals surface area contributed by atoms with E-state index >= 15 is 0 Å². The molecule has 0 aliphatic carbocycles. The first-order valence-corrected chi connectivity index (χ1v) is 4.73. The summed E-state index contributed by atoms with van der Waals surface area (Å²) >= 11 is 0. The average molecular weight is 190 g/mol. The quantitative estimate of drug-likeness (QED) is 0.582. The summed E-state index contributed by atoms with van der Waals surface area (Å²) in [6.07, 6.45) is 0.142. The molecule has 14 heavy (non-hydrogen) atoms. The minimum absolute atomic E-state index is 0.0719. The maximum absolute atomic E-state index is 11.1. The molecule has 2 heterocycles. The van der Waals surface area contributed by atoms with Crippen LogP contribution in [0.2, 0.25) is 0 Å². The Hall–Kier alpha value is -1.35. The van der Waals surface area contributed by atoms with Crippen molar-refractivity contribution >= 4 is 5.97 Å². The van der Waals surface area contributed by atoms with Crippen LogP contribution in [0.3, 0.4) is 0 Å². The second kappa shape index (κ2) is 2.82. The molecule has 2 aliphatic rings. The van der Waals surface area contributed by atoms with Crippen LogP contribution in [0.5, 0.6) is 0 Å². The van der Waals surface area contributed by atoms with Crippen LogP contribution >= 0.6 is 0 Å². The van der Waals surface area contributed by atoms with E-state index in [2.05, 4.69) is 0 Å². The molecule has 0 saturated carbocycles. The van der Waals surface area contributed by atoms with E-state index in [0.29, 0.717) is 13.0 Å². The topological polar surface area (TPSA) is 35.5 Å². The van der Waals surface area contributed by atoms with Gasteiger partial charge in [-0.1, -0.05) is 24.3 Å². The van der Waals surface area contributed by atoms with E-state index in [1.165, 1.54) is 0 Å².